The van der Waals surface area contributed by atoms with Gasteiger partial charge in [0.1, 0.15) is 0 Å². The molecule has 1 nitrogen and oxygen atoms in total. The first-order chi connectivity index (χ1) is 8.79. The van der Waals surface area contributed by atoms with Gasteiger partial charge in [0.2, 0.25) is 0 Å². The van der Waals surface area contributed by atoms with E-state index in [1.54, 1.807) is 0 Å². The minimum Gasteiger partial charge on any atom is -0.314 e. The Morgan fingerprint density at radius 2 is 1.89 bits per heavy atom. The van der Waals surface area contributed by atoms with Crippen LogP contribution in [0, 0.1) is 5.92 Å². The van der Waals surface area contributed by atoms with E-state index in [2.05, 4.69) is 61.6 Å². The minimum absolute atomic E-state index is 0.714. The highest BCUT2D eigenvalue weighted by Gasteiger charge is 2.37. The van der Waals surface area contributed by atoms with E-state index in [4.69, 9.17) is 0 Å². The molecule has 18 heavy (non-hydrogen) atoms. The quantitative estimate of drug-likeness (QED) is 0.855. The Bertz CT molecular complexity index is 546. The summed E-state index contributed by atoms with van der Waals surface area (Å²) in [6.07, 6.45) is 1.29. The van der Waals surface area contributed by atoms with Crippen molar-refractivity contribution in [2.24, 2.45) is 5.92 Å². The van der Waals surface area contributed by atoms with Gasteiger partial charge in [0, 0.05) is 6.04 Å². The number of hydrogen-bond donors (Lipinski definition) is 1. The van der Waals surface area contributed by atoms with Crippen LogP contribution in [-0.4, -0.2) is 12.6 Å². The maximum Gasteiger partial charge on any atom is 0.0104 e. The third kappa shape index (κ3) is 1.93. The predicted octanol–water partition coefficient (Wildman–Crippen LogP) is 3.94. The summed E-state index contributed by atoms with van der Waals surface area (Å²) in [5, 5.41) is 6.28. The molecule has 3 unspecified atom stereocenters. The molecule has 1 saturated carbocycles. The van der Waals surface area contributed by atoms with Gasteiger partial charge in [-0.15, -0.1) is 0 Å². The van der Waals surface area contributed by atoms with Crippen molar-refractivity contribution in [3.8, 4) is 0 Å². The van der Waals surface area contributed by atoms with Gasteiger partial charge in [0.25, 0.3) is 0 Å². The lowest BCUT2D eigenvalue weighted by molar-refractivity contribution is 0.187. The van der Waals surface area contributed by atoms with Gasteiger partial charge in [-0.2, -0.15) is 0 Å². The average Bonchev–Trinajstić information content (AvgIpc) is 2.42. The van der Waals surface area contributed by atoms with Crippen molar-refractivity contribution < 1.29 is 0 Å². The van der Waals surface area contributed by atoms with Gasteiger partial charge in [-0.05, 0) is 41.1 Å². The van der Waals surface area contributed by atoms with E-state index >= 15 is 0 Å². The molecule has 1 heteroatoms. The molecule has 0 spiro atoms. The van der Waals surface area contributed by atoms with Crippen LogP contribution in [0.1, 0.15) is 31.7 Å². The van der Waals surface area contributed by atoms with Crippen LogP contribution in [0.25, 0.3) is 10.8 Å². The Balaban J connectivity index is 1.83. The summed E-state index contributed by atoms with van der Waals surface area (Å²) in [6, 6.07) is 16.3. The summed E-state index contributed by atoms with van der Waals surface area (Å²) in [7, 11) is 0. The van der Waals surface area contributed by atoms with Crippen LogP contribution >= 0.6 is 0 Å². The van der Waals surface area contributed by atoms with E-state index in [0.29, 0.717) is 6.04 Å². The second kappa shape index (κ2) is 4.74. The molecule has 0 aliphatic heterocycles. The van der Waals surface area contributed by atoms with Crippen molar-refractivity contribution in [1.29, 1.82) is 0 Å². The first-order valence-corrected chi connectivity index (χ1v) is 7.01. The highest BCUT2D eigenvalue weighted by Crippen LogP contribution is 2.42. The van der Waals surface area contributed by atoms with E-state index in [0.717, 1.165) is 18.4 Å². The van der Waals surface area contributed by atoms with Crippen LogP contribution in [0.3, 0.4) is 0 Å². The second-order valence-corrected chi connectivity index (χ2v) is 5.47. The Morgan fingerprint density at radius 1 is 1.11 bits per heavy atom. The smallest absolute Gasteiger partial charge is 0.0104 e. The molecule has 1 aliphatic rings. The Morgan fingerprint density at radius 3 is 2.61 bits per heavy atom. The van der Waals surface area contributed by atoms with E-state index in [1.807, 2.05) is 0 Å². The van der Waals surface area contributed by atoms with Crippen molar-refractivity contribution in [1.82, 2.24) is 5.32 Å². The molecule has 3 atom stereocenters. The molecule has 0 aromatic heterocycles. The van der Waals surface area contributed by atoms with Crippen LogP contribution in [0.4, 0.5) is 0 Å². The lowest BCUT2D eigenvalue weighted by Gasteiger charge is -2.43. The molecule has 2 aromatic carbocycles. The summed E-state index contributed by atoms with van der Waals surface area (Å²) in [6.45, 7) is 5.65. The summed E-state index contributed by atoms with van der Waals surface area (Å²) in [4.78, 5) is 0. The van der Waals surface area contributed by atoms with Gasteiger partial charge >= 0.3 is 0 Å². The van der Waals surface area contributed by atoms with Crippen LogP contribution in [0.15, 0.2) is 42.5 Å². The SMILES string of the molecule is CCNC1CC(c2ccc3ccccc3c2)C1C. The standard InChI is InChI=1S/C17H21N/c1-3-18-17-11-16(12(17)2)15-9-8-13-6-4-5-7-14(13)10-15/h4-10,12,16-18H,3,11H2,1-2H3. The molecule has 1 fully saturated rings. The lowest BCUT2D eigenvalue weighted by atomic mass is 9.67. The Hall–Kier alpha value is -1.34. The first kappa shape index (κ1) is 11.7. The number of hydrogen-bond acceptors (Lipinski definition) is 1. The Kier molecular flexibility index (Phi) is 3.09. The third-order valence-corrected chi connectivity index (χ3v) is 4.45. The highest BCUT2D eigenvalue weighted by atomic mass is 14.9. The number of benzene rings is 2. The van der Waals surface area contributed by atoms with Gasteiger partial charge in [0.15, 0.2) is 0 Å². The molecule has 3 rings (SSSR count). The van der Waals surface area contributed by atoms with E-state index in [9.17, 15) is 0 Å². The number of fused-ring (bicyclic) bond motifs is 1. The fourth-order valence-electron chi connectivity index (χ4n) is 3.20. The molecule has 2 aromatic rings. The maximum absolute atomic E-state index is 3.57. The van der Waals surface area contributed by atoms with E-state index in [1.165, 1.54) is 22.8 Å². The minimum atomic E-state index is 0.714. The van der Waals surface area contributed by atoms with Gasteiger partial charge < -0.3 is 5.32 Å². The fraction of sp³-hybridized carbons (Fsp3) is 0.412. The monoisotopic (exact) mass is 239 g/mol. The molecule has 1 aliphatic carbocycles. The zero-order valence-corrected chi connectivity index (χ0v) is 11.2. The van der Waals surface area contributed by atoms with Crippen LogP contribution < -0.4 is 5.32 Å². The molecule has 1 N–H and O–H groups in total. The summed E-state index contributed by atoms with van der Waals surface area (Å²) in [5.74, 6) is 1.49. The first-order valence-electron chi connectivity index (χ1n) is 7.01. The second-order valence-electron chi connectivity index (χ2n) is 5.47. The zero-order valence-electron chi connectivity index (χ0n) is 11.2. The molecule has 0 radical (unpaired) electrons. The zero-order chi connectivity index (χ0) is 12.5. The highest BCUT2D eigenvalue weighted by molar-refractivity contribution is 5.83. The Labute approximate surface area is 109 Å². The van der Waals surface area contributed by atoms with Crippen molar-refractivity contribution >= 4 is 10.8 Å². The van der Waals surface area contributed by atoms with Crippen LogP contribution in [-0.2, 0) is 0 Å². The van der Waals surface area contributed by atoms with Crippen molar-refractivity contribution in [2.45, 2.75) is 32.2 Å². The predicted molar refractivity (Wildman–Crippen MR) is 77.9 cm³/mol. The molecule has 0 amide bonds. The lowest BCUT2D eigenvalue weighted by Crippen LogP contribution is -2.47. The molecular formula is C17H21N. The molecule has 94 valence electrons. The largest absolute Gasteiger partial charge is 0.314 e. The topological polar surface area (TPSA) is 12.0 Å². The number of nitrogens with one attached hydrogen (secondary N) is 1. The summed E-state index contributed by atoms with van der Waals surface area (Å²) < 4.78 is 0. The van der Waals surface area contributed by atoms with Crippen LogP contribution in [0.5, 0.6) is 0 Å². The van der Waals surface area contributed by atoms with Crippen molar-refractivity contribution in [3.05, 3.63) is 48.0 Å². The molecular weight excluding hydrogens is 218 g/mol. The molecule has 0 bridgehead atoms. The maximum atomic E-state index is 3.57. The third-order valence-electron chi connectivity index (χ3n) is 4.45. The van der Waals surface area contributed by atoms with Gasteiger partial charge in [-0.3, -0.25) is 0 Å². The molecule has 0 saturated heterocycles. The van der Waals surface area contributed by atoms with Gasteiger partial charge in [-0.1, -0.05) is 56.3 Å². The van der Waals surface area contributed by atoms with Gasteiger partial charge in [-0.25, -0.2) is 0 Å². The summed E-state index contributed by atoms with van der Waals surface area (Å²) >= 11 is 0. The fourth-order valence-corrected chi connectivity index (χ4v) is 3.20. The van der Waals surface area contributed by atoms with E-state index in [-0.39, 0.29) is 0 Å². The van der Waals surface area contributed by atoms with Gasteiger partial charge in [0.05, 0.1) is 0 Å². The van der Waals surface area contributed by atoms with E-state index < -0.39 is 0 Å². The van der Waals surface area contributed by atoms with Crippen LogP contribution in [0.2, 0.25) is 0 Å². The summed E-state index contributed by atoms with van der Waals surface area (Å²) in [5.41, 5.74) is 1.51. The number of rotatable bonds is 3. The molecule has 0 heterocycles. The average molecular weight is 239 g/mol. The van der Waals surface area contributed by atoms with Crippen molar-refractivity contribution in [2.75, 3.05) is 6.54 Å². The normalized spacial score (nSPS) is 27.1. The van der Waals surface area contributed by atoms with Crippen molar-refractivity contribution in [3.63, 3.8) is 0 Å².